The molecule has 0 aliphatic heterocycles. The van der Waals surface area contributed by atoms with E-state index < -0.39 is 0 Å². The van der Waals surface area contributed by atoms with Gasteiger partial charge in [0, 0.05) is 28.6 Å². The molecule has 0 unspecified atom stereocenters. The minimum atomic E-state index is 0.859. The quantitative estimate of drug-likeness (QED) is 0.305. The third-order valence-electron chi connectivity index (χ3n) is 5.25. The summed E-state index contributed by atoms with van der Waals surface area (Å²) in [5.41, 5.74) is 4.75. The molecule has 0 fully saturated rings. The summed E-state index contributed by atoms with van der Waals surface area (Å²) < 4.78 is 6.53. The number of ether oxygens (including phenoxy) is 1. The Kier molecular flexibility index (Phi) is 4.25. The summed E-state index contributed by atoms with van der Waals surface area (Å²) in [6.45, 7) is 4.19. The summed E-state index contributed by atoms with van der Waals surface area (Å²) in [6, 6.07) is 27.3. The van der Waals surface area contributed by atoms with Crippen LogP contribution in [0.2, 0.25) is 0 Å². The van der Waals surface area contributed by atoms with Crippen molar-refractivity contribution in [3.05, 3.63) is 102 Å². The fourth-order valence-corrected chi connectivity index (χ4v) is 4.12. The summed E-state index contributed by atoms with van der Waals surface area (Å²) in [7, 11) is 0. The smallest absolute Gasteiger partial charge is 0.143 e. The standard InChI is InChI=1S/C27H21NO/c1-18-14-19(2)16-21(15-18)29-27-23-11-7-6-10-22(23)26(20-8-4-3-5-9-20)25-17-28-13-12-24(25)27/h3-17H,1-2H3. The predicted molar refractivity (Wildman–Crippen MR) is 121 cm³/mol. The minimum absolute atomic E-state index is 0.859. The van der Waals surface area contributed by atoms with Gasteiger partial charge in [-0.05, 0) is 59.7 Å². The zero-order valence-corrected chi connectivity index (χ0v) is 16.5. The van der Waals surface area contributed by atoms with Crippen LogP contribution in [0.1, 0.15) is 11.1 Å². The van der Waals surface area contributed by atoms with Gasteiger partial charge in [0.25, 0.3) is 0 Å². The number of hydrogen-bond acceptors (Lipinski definition) is 2. The number of hydrogen-bond donors (Lipinski definition) is 0. The molecule has 2 nitrogen and oxygen atoms in total. The monoisotopic (exact) mass is 375 g/mol. The Morgan fingerprint density at radius 2 is 1.31 bits per heavy atom. The van der Waals surface area contributed by atoms with Crippen molar-refractivity contribution in [2.45, 2.75) is 13.8 Å². The Hall–Kier alpha value is -3.65. The van der Waals surface area contributed by atoms with Crippen LogP contribution < -0.4 is 4.74 Å². The maximum absolute atomic E-state index is 6.53. The normalized spacial score (nSPS) is 11.1. The number of rotatable bonds is 3. The van der Waals surface area contributed by atoms with Gasteiger partial charge in [0.15, 0.2) is 0 Å². The van der Waals surface area contributed by atoms with Crippen LogP contribution in [0.5, 0.6) is 11.5 Å². The molecular formula is C27H21NO. The number of fused-ring (bicyclic) bond motifs is 2. The molecule has 2 heteroatoms. The van der Waals surface area contributed by atoms with Gasteiger partial charge in [-0.15, -0.1) is 0 Å². The van der Waals surface area contributed by atoms with E-state index in [4.69, 9.17) is 4.74 Å². The number of pyridine rings is 1. The molecule has 5 aromatic rings. The number of nitrogens with zero attached hydrogens (tertiary/aromatic N) is 1. The highest BCUT2D eigenvalue weighted by Gasteiger charge is 2.17. The van der Waals surface area contributed by atoms with Gasteiger partial charge in [-0.3, -0.25) is 4.98 Å². The van der Waals surface area contributed by atoms with E-state index in [0.717, 1.165) is 27.7 Å². The fraction of sp³-hybridized carbons (Fsp3) is 0.0741. The average molecular weight is 375 g/mol. The van der Waals surface area contributed by atoms with Crippen LogP contribution in [0.25, 0.3) is 32.7 Å². The molecule has 0 saturated heterocycles. The van der Waals surface area contributed by atoms with Crippen molar-refractivity contribution in [2.24, 2.45) is 0 Å². The van der Waals surface area contributed by atoms with Crippen LogP contribution in [0.4, 0.5) is 0 Å². The van der Waals surface area contributed by atoms with Gasteiger partial charge >= 0.3 is 0 Å². The Balaban J connectivity index is 1.85. The lowest BCUT2D eigenvalue weighted by atomic mass is 9.92. The first kappa shape index (κ1) is 17.4. The van der Waals surface area contributed by atoms with Gasteiger partial charge in [0.2, 0.25) is 0 Å². The van der Waals surface area contributed by atoms with E-state index >= 15 is 0 Å². The molecular weight excluding hydrogens is 354 g/mol. The summed E-state index contributed by atoms with van der Waals surface area (Å²) in [5.74, 6) is 1.74. The van der Waals surface area contributed by atoms with Crippen molar-refractivity contribution < 1.29 is 4.74 Å². The highest BCUT2D eigenvalue weighted by Crippen LogP contribution is 2.44. The van der Waals surface area contributed by atoms with Crippen LogP contribution in [0.3, 0.4) is 0 Å². The van der Waals surface area contributed by atoms with Gasteiger partial charge in [-0.1, -0.05) is 60.7 Å². The van der Waals surface area contributed by atoms with Gasteiger partial charge in [0.05, 0.1) is 0 Å². The van der Waals surface area contributed by atoms with Gasteiger partial charge in [-0.25, -0.2) is 0 Å². The Labute approximate surface area is 170 Å². The van der Waals surface area contributed by atoms with E-state index in [9.17, 15) is 0 Å². The maximum Gasteiger partial charge on any atom is 0.143 e. The highest BCUT2D eigenvalue weighted by molar-refractivity contribution is 6.16. The predicted octanol–water partition coefficient (Wildman–Crippen LogP) is 7.46. The average Bonchev–Trinajstić information content (AvgIpc) is 2.74. The van der Waals surface area contributed by atoms with E-state index in [0.29, 0.717) is 0 Å². The third kappa shape index (κ3) is 3.13. The lowest BCUT2D eigenvalue weighted by Gasteiger charge is -2.17. The van der Waals surface area contributed by atoms with E-state index in [1.54, 1.807) is 0 Å². The minimum Gasteiger partial charge on any atom is -0.456 e. The van der Waals surface area contributed by atoms with Gasteiger partial charge < -0.3 is 4.74 Å². The maximum atomic E-state index is 6.53. The van der Waals surface area contributed by atoms with E-state index in [1.807, 2.05) is 24.5 Å². The van der Waals surface area contributed by atoms with Crippen LogP contribution in [-0.2, 0) is 0 Å². The fourth-order valence-electron chi connectivity index (χ4n) is 4.12. The second kappa shape index (κ2) is 7.06. The molecule has 0 N–H and O–H groups in total. The molecule has 5 rings (SSSR count). The number of aryl methyl sites for hydroxylation is 2. The molecule has 0 aliphatic carbocycles. The lowest BCUT2D eigenvalue weighted by molar-refractivity contribution is 0.493. The van der Waals surface area contributed by atoms with Crippen LogP contribution in [-0.4, -0.2) is 4.98 Å². The zero-order chi connectivity index (χ0) is 19.8. The molecule has 0 amide bonds. The molecule has 29 heavy (non-hydrogen) atoms. The van der Waals surface area contributed by atoms with Crippen LogP contribution in [0.15, 0.2) is 91.3 Å². The first-order chi connectivity index (χ1) is 14.2. The van der Waals surface area contributed by atoms with E-state index in [-0.39, 0.29) is 0 Å². The summed E-state index contributed by atoms with van der Waals surface area (Å²) >= 11 is 0. The third-order valence-corrected chi connectivity index (χ3v) is 5.25. The molecule has 0 bridgehead atoms. The molecule has 1 aromatic heterocycles. The molecule has 0 aliphatic rings. The number of aromatic nitrogens is 1. The van der Waals surface area contributed by atoms with Crippen LogP contribution in [0, 0.1) is 13.8 Å². The summed E-state index contributed by atoms with van der Waals surface area (Å²) in [5, 5.41) is 4.43. The van der Waals surface area contributed by atoms with Crippen molar-refractivity contribution in [1.82, 2.24) is 4.98 Å². The number of benzene rings is 4. The molecule has 4 aromatic carbocycles. The highest BCUT2D eigenvalue weighted by atomic mass is 16.5. The summed E-state index contributed by atoms with van der Waals surface area (Å²) in [6.07, 6.45) is 3.78. The van der Waals surface area contributed by atoms with Crippen molar-refractivity contribution in [1.29, 1.82) is 0 Å². The van der Waals surface area contributed by atoms with Crippen molar-refractivity contribution in [3.8, 4) is 22.6 Å². The van der Waals surface area contributed by atoms with E-state index in [1.165, 1.54) is 27.6 Å². The van der Waals surface area contributed by atoms with Crippen molar-refractivity contribution in [2.75, 3.05) is 0 Å². The molecule has 0 saturated carbocycles. The molecule has 0 atom stereocenters. The van der Waals surface area contributed by atoms with E-state index in [2.05, 4.69) is 85.6 Å². The van der Waals surface area contributed by atoms with Gasteiger partial charge in [0.1, 0.15) is 11.5 Å². The molecule has 140 valence electrons. The zero-order valence-electron chi connectivity index (χ0n) is 16.5. The Morgan fingerprint density at radius 1 is 0.655 bits per heavy atom. The molecule has 0 radical (unpaired) electrons. The topological polar surface area (TPSA) is 22.1 Å². The largest absolute Gasteiger partial charge is 0.456 e. The lowest BCUT2D eigenvalue weighted by Crippen LogP contribution is -1.93. The Bertz CT molecular complexity index is 1260. The van der Waals surface area contributed by atoms with Crippen molar-refractivity contribution >= 4 is 21.5 Å². The van der Waals surface area contributed by atoms with Gasteiger partial charge in [-0.2, -0.15) is 0 Å². The summed E-state index contributed by atoms with van der Waals surface area (Å²) in [4.78, 5) is 4.43. The first-order valence-corrected chi connectivity index (χ1v) is 9.81. The molecule has 0 spiro atoms. The Morgan fingerprint density at radius 3 is 2.07 bits per heavy atom. The first-order valence-electron chi connectivity index (χ1n) is 9.81. The van der Waals surface area contributed by atoms with Crippen molar-refractivity contribution in [3.63, 3.8) is 0 Å². The second-order valence-electron chi connectivity index (χ2n) is 7.46. The molecule has 1 heterocycles. The second-order valence-corrected chi connectivity index (χ2v) is 7.46. The van der Waals surface area contributed by atoms with Crippen LogP contribution >= 0.6 is 0 Å². The SMILES string of the molecule is Cc1cc(C)cc(Oc2c3ccccc3c(-c3ccccc3)c3cnccc23)c1.